The van der Waals surface area contributed by atoms with E-state index in [4.69, 9.17) is 5.73 Å². The standard InChI is InChI=1S/C12H15BrN2OS/c13-10-8-9(2-3-11(10)14)12(16)15-4-1-6-17-7-5-15/h2-3,8H,1,4-7,14H2. The monoisotopic (exact) mass is 314 g/mol. The molecule has 2 rings (SSSR count). The minimum atomic E-state index is 0.105. The van der Waals surface area contributed by atoms with E-state index in [2.05, 4.69) is 15.9 Å². The number of anilines is 1. The normalized spacial score (nSPS) is 16.6. The molecule has 3 nitrogen and oxygen atoms in total. The minimum Gasteiger partial charge on any atom is -0.398 e. The molecular formula is C12H15BrN2OS. The van der Waals surface area contributed by atoms with Crippen LogP contribution in [0.3, 0.4) is 0 Å². The van der Waals surface area contributed by atoms with Gasteiger partial charge in [0.1, 0.15) is 0 Å². The molecule has 1 saturated heterocycles. The summed E-state index contributed by atoms with van der Waals surface area (Å²) >= 11 is 5.27. The van der Waals surface area contributed by atoms with Crippen LogP contribution in [0.1, 0.15) is 16.8 Å². The highest BCUT2D eigenvalue weighted by Gasteiger charge is 2.17. The Balaban J connectivity index is 2.14. The maximum absolute atomic E-state index is 12.3. The SMILES string of the molecule is Nc1ccc(C(=O)N2CCCSCC2)cc1Br. The lowest BCUT2D eigenvalue weighted by molar-refractivity contribution is 0.0768. The van der Waals surface area contributed by atoms with Gasteiger partial charge in [0, 0.05) is 34.6 Å². The van der Waals surface area contributed by atoms with Gasteiger partial charge >= 0.3 is 0 Å². The number of nitrogen functional groups attached to an aromatic ring is 1. The van der Waals surface area contributed by atoms with Crippen molar-refractivity contribution in [1.29, 1.82) is 0 Å². The van der Waals surface area contributed by atoms with Crippen LogP contribution in [0, 0.1) is 0 Å². The van der Waals surface area contributed by atoms with Gasteiger partial charge < -0.3 is 10.6 Å². The molecule has 0 aromatic heterocycles. The van der Waals surface area contributed by atoms with E-state index in [0.717, 1.165) is 35.5 Å². The summed E-state index contributed by atoms with van der Waals surface area (Å²) in [5.74, 6) is 2.28. The highest BCUT2D eigenvalue weighted by atomic mass is 79.9. The molecule has 0 atom stereocenters. The Kier molecular flexibility index (Phi) is 4.34. The Morgan fingerprint density at radius 1 is 1.35 bits per heavy atom. The summed E-state index contributed by atoms with van der Waals surface area (Å²) in [5, 5.41) is 0. The molecule has 1 heterocycles. The molecule has 0 spiro atoms. The molecule has 2 N–H and O–H groups in total. The Bertz CT molecular complexity index is 417. The quantitative estimate of drug-likeness (QED) is 0.810. The van der Waals surface area contributed by atoms with Crippen LogP contribution in [0.15, 0.2) is 22.7 Å². The van der Waals surface area contributed by atoms with Crippen molar-refractivity contribution in [3.63, 3.8) is 0 Å². The zero-order valence-corrected chi connectivity index (χ0v) is 11.9. The molecule has 0 bridgehead atoms. The number of halogens is 1. The van der Waals surface area contributed by atoms with Gasteiger partial charge in [-0.25, -0.2) is 0 Å². The van der Waals surface area contributed by atoms with Gasteiger partial charge in [0.2, 0.25) is 0 Å². The number of hydrogen-bond donors (Lipinski definition) is 1. The molecule has 0 aliphatic carbocycles. The highest BCUT2D eigenvalue weighted by molar-refractivity contribution is 9.10. The second-order valence-electron chi connectivity index (χ2n) is 3.99. The van der Waals surface area contributed by atoms with Crippen LogP contribution in [0.2, 0.25) is 0 Å². The first-order chi connectivity index (χ1) is 8.18. The van der Waals surface area contributed by atoms with Crippen molar-refractivity contribution in [2.75, 3.05) is 30.3 Å². The van der Waals surface area contributed by atoms with Crippen LogP contribution in [-0.4, -0.2) is 35.4 Å². The van der Waals surface area contributed by atoms with Gasteiger partial charge in [-0.15, -0.1) is 0 Å². The van der Waals surface area contributed by atoms with E-state index in [9.17, 15) is 4.79 Å². The van der Waals surface area contributed by atoms with E-state index < -0.39 is 0 Å². The van der Waals surface area contributed by atoms with Gasteiger partial charge in [0.25, 0.3) is 5.91 Å². The number of benzene rings is 1. The number of nitrogens with zero attached hydrogens (tertiary/aromatic N) is 1. The van der Waals surface area contributed by atoms with Crippen molar-refractivity contribution in [1.82, 2.24) is 4.90 Å². The summed E-state index contributed by atoms with van der Waals surface area (Å²) in [6, 6.07) is 5.36. The number of thioether (sulfide) groups is 1. The van der Waals surface area contributed by atoms with Crippen LogP contribution in [-0.2, 0) is 0 Å². The van der Waals surface area contributed by atoms with Gasteiger partial charge in [-0.1, -0.05) is 0 Å². The second kappa shape index (κ2) is 5.78. The molecule has 0 saturated carbocycles. The van der Waals surface area contributed by atoms with Gasteiger partial charge in [0.15, 0.2) is 0 Å². The number of carbonyl (C=O) groups is 1. The molecule has 17 heavy (non-hydrogen) atoms. The van der Waals surface area contributed by atoms with Gasteiger partial charge in [0.05, 0.1) is 0 Å². The second-order valence-corrected chi connectivity index (χ2v) is 6.07. The summed E-state index contributed by atoms with van der Waals surface area (Å²) in [6.45, 7) is 1.69. The molecule has 1 aliphatic rings. The van der Waals surface area contributed by atoms with Crippen LogP contribution >= 0.6 is 27.7 Å². The zero-order valence-electron chi connectivity index (χ0n) is 9.49. The van der Waals surface area contributed by atoms with Crippen molar-refractivity contribution >= 4 is 39.3 Å². The van der Waals surface area contributed by atoms with Crippen molar-refractivity contribution in [3.8, 4) is 0 Å². The third kappa shape index (κ3) is 3.16. The molecule has 1 aromatic carbocycles. The fourth-order valence-electron chi connectivity index (χ4n) is 1.79. The molecule has 1 amide bonds. The number of amides is 1. The molecule has 5 heteroatoms. The molecule has 0 radical (unpaired) electrons. The van der Waals surface area contributed by atoms with Crippen LogP contribution in [0.5, 0.6) is 0 Å². The van der Waals surface area contributed by atoms with Gasteiger partial charge in [-0.3, -0.25) is 4.79 Å². The van der Waals surface area contributed by atoms with Gasteiger partial charge in [-0.05, 0) is 46.3 Å². The fraction of sp³-hybridized carbons (Fsp3) is 0.417. The van der Waals surface area contributed by atoms with E-state index in [1.165, 1.54) is 0 Å². The fourth-order valence-corrected chi connectivity index (χ4v) is 3.06. The predicted octanol–water partition coefficient (Wildman–Crippen LogP) is 2.61. The lowest BCUT2D eigenvalue weighted by atomic mass is 10.2. The molecule has 0 unspecified atom stereocenters. The van der Waals surface area contributed by atoms with Crippen LogP contribution < -0.4 is 5.73 Å². The Hall–Kier alpha value is -0.680. The Morgan fingerprint density at radius 2 is 2.18 bits per heavy atom. The zero-order chi connectivity index (χ0) is 12.3. The maximum Gasteiger partial charge on any atom is 0.253 e. The Morgan fingerprint density at radius 3 is 2.94 bits per heavy atom. The van der Waals surface area contributed by atoms with Crippen molar-refractivity contribution in [3.05, 3.63) is 28.2 Å². The first-order valence-corrected chi connectivity index (χ1v) is 7.55. The third-order valence-electron chi connectivity index (χ3n) is 2.76. The van der Waals surface area contributed by atoms with Crippen LogP contribution in [0.4, 0.5) is 5.69 Å². The minimum absolute atomic E-state index is 0.105. The largest absolute Gasteiger partial charge is 0.398 e. The van der Waals surface area contributed by atoms with E-state index in [0.29, 0.717) is 11.3 Å². The van der Waals surface area contributed by atoms with E-state index in [-0.39, 0.29) is 5.91 Å². The number of rotatable bonds is 1. The van der Waals surface area contributed by atoms with E-state index in [1.807, 2.05) is 16.7 Å². The average Bonchev–Trinajstić information content (AvgIpc) is 2.60. The van der Waals surface area contributed by atoms with Crippen molar-refractivity contribution < 1.29 is 4.79 Å². The molecule has 1 aromatic rings. The number of hydrogen-bond acceptors (Lipinski definition) is 3. The predicted molar refractivity (Wildman–Crippen MR) is 76.4 cm³/mol. The molecule has 92 valence electrons. The van der Waals surface area contributed by atoms with Gasteiger partial charge in [-0.2, -0.15) is 11.8 Å². The Labute approximate surface area is 114 Å². The third-order valence-corrected chi connectivity index (χ3v) is 4.49. The summed E-state index contributed by atoms with van der Waals surface area (Å²) < 4.78 is 0.785. The van der Waals surface area contributed by atoms with Crippen molar-refractivity contribution in [2.45, 2.75) is 6.42 Å². The first-order valence-electron chi connectivity index (χ1n) is 5.60. The van der Waals surface area contributed by atoms with Crippen LogP contribution in [0.25, 0.3) is 0 Å². The first kappa shape index (κ1) is 12.8. The molecular weight excluding hydrogens is 300 g/mol. The topological polar surface area (TPSA) is 46.3 Å². The summed E-state index contributed by atoms with van der Waals surface area (Å²) in [6.07, 6.45) is 1.08. The van der Waals surface area contributed by atoms with E-state index >= 15 is 0 Å². The number of nitrogens with two attached hydrogens (primary N) is 1. The maximum atomic E-state index is 12.3. The molecule has 1 fully saturated rings. The lowest BCUT2D eigenvalue weighted by Crippen LogP contribution is -2.32. The summed E-state index contributed by atoms with van der Waals surface area (Å²) in [5.41, 5.74) is 7.08. The van der Waals surface area contributed by atoms with E-state index in [1.54, 1.807) is 18.2 Å². The summed E-state index contributed by atoms with van der Waals surface area (Å²) in [7, 11) is 0. The molecule has 1 aliphatic heterocycles. The summed E-state index contributed by atoms with van der Waals surface area (Å²) in [4.78, 5) is 14.2. The lowest BCUT2D eigenvalue weighted by Gasteiger charge is -2.20. The highest BCUT2D eigenvalue weighted by Crippen LogP contribution is 2.22. The smallest absolute Gasteiger partial charge is 0.253 e. The average molecular weight is 315 g/mol. The number of carbonyl (C=O) groups excluding carboxylic acids is 1. The van der Waals surface area contributed by atoms with Crippen molar-refractivity contribution in [2.24, 2.45) is 0 Å².